The second-order valence-corrected chi connectivity index (χ2v) is 4.42. The van der Waals surface area contributed by atoms with Crippen LogP contribution < -0.4 is 11.1 Å². The standard InChI is InChI=1S/C15H17FN2O2.ClH/c16-12-5-3-11(4-6-12)13-7-8-14(20-13)15(19)18-10-2-1-9-17;/h3-8H,1-2,9-10,17H2,(H,18,19);1H. The SMILES string of the molecule is Cl.NCCCCNC(=O)c1ccc(-c2ccc(F)cc2)o1. The number of carbonyl (C=O) groups is 1. The van der Waals surface area contributed by atoms with Crippen molar-refractivity contribution in [3.8, 4) is 11.3 Å². The van der Waals surface area contributed by atoms with Crippen molar-refractivity contribution < 1.29 is 13.6 Å². The summed E-state index contributed by atoms with van der Waals surface area (Å²) in [7, 11) is 0. The summed E-state index contributed by atoms with van der Waals surface area (Å²) in [5.41, 5.74) is 6.11. The number of furan rings is 1. The van der Waals surface area contributed by atoms with E-state index in [1.54, 1.807) is 24.3 Å². The maximum Gasteiger partial charge on any atom is 0.287 e. The molecule has 0 atom stereocenters. The minimum absolute atomic E-state index is 0. The zero-order valence-corrected chi connectivity index (χ0v) is 12.3. The highest BCUT2D eigenvalue weighted by atomic mass is 35.5. The maximum atomic E-state index is 12.8. The van der Waals surface area contributed by atoms with Crippen molar-refractivity contribution in [2.24, 2.45) is 5.73 Å². The van der Waals surface area contributed by atoms with Gasteiger partial charge in [0.05, 0.1) is 0 Å². The van der Waals surface area contributed by atoms with E-state index < -0.39 is 0 Å². The third kappa shape index (κ3) is 4.88. The summed E-state index contributed by atoms with van der Waals surface area (Å²) in [6.45, 7) is 1.19. The van der Waals surface area contributed by atoms with Crippen LogP contribution in [0.1, 0.15) is 23.4 Å². The first-order valence-corrected chi connectivity index (χ1v) is 6.55. The molecular formula is C15H18ClFN2O2. The van der Waals surface area contributed by atoms with Gasteiger partial charge < -0.3 is 15.5 Å². The Morgan fingerprint density at radius 3 is 2.52 bits per heavy atom. The van der Waals surface area contributed by atoms with E-state index in [4.69, 9.17) is 10.2 Å². The molecule has 0 aliphatic carbocycles. The lowest BCUT2D eigenvalue weighted by Crippen LogP contribution is -2.24. The van der Waals surface area contributed by atoms with Gasteiger partial charge >= 0.3 is 0 Å². The van der Waals surface area contributed by atoms with E-state index >= 15 is 0 Å². The van der Waals surface area contributed by atoms with Gasteiger partial charge in [-0.1, -0.05) is 0 Å². The second-order valence-electron chi connectivity index (χ2n) is 4.42. The van der Waals surface area contributed by atoms with Crippen LogP contribution in [-0.2, 0) is 0 Å². The van der Waals surface area contributed by atoms with Crippen LogP contribution in [0.4, 0.5) is 4.39 Å². The highest BCUT2D eigenvalue weighted by Gasteiger charge is 2.11. The van der Waals surface area contributed by atoms with Crippen molar-refractivity contribution in [2.75, 3.05) is 13.1 Å². The van der Waals surface area contributed by atoms with Crippen LogP contribution in [0.15, 0.2) is 40.8 Å². The molecule has 0 aliphatic rings. The van der Waals surface area contributed by atoms with E-state index in [1.807, 2.05) is 0 Å². The molecule has 0 aliphatic heterocycles. The molecule has 4 nitrogen and oxygen atoms in total. The molecule has 0 radical (unpaired) electrons. The van der Waals surface area contributed by atoms with E-state index in [0.717, 1.165) is 18.4 Å². The molecule has 0 bridgehead atoms. The van der Waals surface area contributed by atoms with Gasteiger partial charge in [0.15, 0.2) is 5.76 Å². The van der Waals surface area contributed by atoms with Crippen LogP contribution in [0.2, 0.25) is 0 Å². The van der Waals surface area contributed by atoms with Crippen molar-refractivity contribution >= 4 is 18.3 Å². The molecule has 3 N–H and O–H groups in total. The van der Waals surface area contributed by atoms with Gasteiger partial charge in [-0.3, -0.25) is 4.79 Å². The zero-order valence-electron chi connectivity index (χ0n) is 11.5. The molecule has 0 saturated carbocycles. The van der Waals surface area contributed by atoms with Crippen LogP contribution in [0.5, 0.6) is 0 Å². The number of amides is 1. The van der Waals surface area contributed by atoms with Gasteiger partial charge in [0.1, 0.15) is 11.6 Å². The molecule has 1 amide bonds. The lowest BCUT2D eigenvalue weighted by Gasteiger charge is -2.02. The van der Waals surface area contributed by atoms with Crippen molar-refractivity contribution in [3.05, 3.63) is 48.0 Å². The molecule has 1 aromatic carbocycles. The average Bonchev–Trinajstić information content (AvgIpc) is 2.94. The van der Waals surface area contributed by atoms with Crippen molar-refractivity contribution in [3.63, 3.8) is 0 Å². The number of hydrogen-bond donors (Lipinski definition) is 2. The summed E-state index contributed by atoms with van der Waals surface area (Å²) in [5.74, 6) is 0.225. The fraction of sp³-hybridized carbons (Fsp3) is 0.267. The first kappa shape index (κ1) is 17.2. The van der Waals surface area contributed by atoms with Crippen molar-refractivity contribution in [1.82, 2.24) is 5.32 Å². The Kier molecular flexibility index (Phi) is 6.91. The molecule has 21 heavy (non-hydrogen) atoms. The number of benzene rings is 1. The van der Waals surface area contributed by atoms with Crippen LogP contribution >= 0.6 is 12.4 Å². The second kappa shape index (κ2) is 8.44. The molecule has 6 heteroatoms. The smallest absolute Gasteiger partial charge is 0.287 e. The molecule has 114 valence electrons. The summed E-state index contributed by atoms with van der Waals surface area (Å²) < 4.78 is 18.3. The number of nitrogens with two attached hydrogens (primary N) is 1. The van der Waals surface area contributed by atoms with E-state index in [9.17, 15) is 9.18 Å². The van der Waals surface area contributed by atoms with Gasteiger partial charge in [-0.05, 0) is 55.8 Å². The third-order valence-electron chi connectivity index (χ3n) is 2.87. The van der Waals surface area contributed by atoms with E-state index in [2.05, 4.69) is 5.32 Å². The quantitative estimate of drug-likeness (QED) is 0.806. The molecule has 2 rings (SSSR count). The number of hydrogen-bond acceptors (Lipinski definition) is 3. The average molecular weight is 313 g/mol. The summed E-state index contributed by atoms with van der Waals surface area (Å²) in [6.07, 6.45) is 1.72. The zero-order chi connectivity index (χ0) is 14.4. The van der Waals surface area contributed by atoms with Gasteiger partial charge in [-0.2, -0.15) is 0 Å². The van der Waals surface area contributed by atoms with Gasteiger partial charge in [-0.25, -0.2) is 4.39 Å². The van der Waals surface area contributed by atoms with Gasteiger partial charge in [0.25, 0.3) is 5.91 Å². The predicted octanol–water partition coefficient (Wildman–Crippen LogP) is 2.98. The number of unbranched alkanes of at least 4 members (excludes halogenated alkanes) is 1. The molecular weight excluding hydrogens is 295 g/mol. The Hall–Kier alpha value is -1.85. The van der Waals surface area contributed by atoms with Crippen LogP contribution in [-0.4, -0.2) is 19.0 Å². The normalized spacial score (nSPS) is 10.0. The summed E-state index contributed by atoms with van der Waals surface area (Å²) in [5, 5.41) is 2.76. The van der Waals surface area contributed by atoms with Crippen molar-refractivity contribution in [1.29, 1.82) is 0 Å². The topological polar surface area (TPSA) is 68.3 Å². The first-order chi connectivity index (χ1) is 9.70. The summed E-state index contributed by atoms with van der Waals surface area (Å²) in [4.78, 5) is 11.8. The largest absolute Gasteiger partial charge is 0.451 e. The molecule has 0 fully saturated rings. The molecule has 0 saturated heterocycles. The molecule has 2 aromatic rings. The molecule has 0 unspecified atom stereocenters. The predicted molar refractivity (Wildman–Crippen MR) is 82.0 cm³/mol. The monoisotopic (exact) mass is 312 g/mol. The van der Waals surface area contributed by atoms with E-state index in [1.165, 1.54) is 12.1 Å². The minimum atomic E-state index is -0.307. The minimum Gasteiger partial charge on any atom is -0.451 e. The fourth-order valence-corrected chi connectivity index (χ4v) is 1.79. The van der Waals surface area contributed by atoms with Crippen LogP contribution in [0.3, 0.4) is 0 Å². The van der Waals surface area contributed by atoms with Crippen LogP contribution in [0, 0.1) is 5.82 Å². The third-order valence-corrected chi connectivity index (χ3v) is 2.87. The van der Waals surface area contributed by atoms with E-state index in [0.29, 0.717) is 18.8 Å². The van der Waals surface area contributed by atoms with Crippen LogP contribution in [0.25, 0.3) is 11.3 Å². The molecule has 1 aromatic heterocycles. The van der Waals surface area contributed by atoms with Gasteiger partial charge in [0, 0.05) is 12.1 Å². The highest BCUT2D eigenvalue weighted by molar-refractivity contribution is 5.92. The lowest BCUT2D eigenvalue weighted by molar-refractivity contribution is 0.0926. The Bertz CT molecular complexity index is 569. The Morgan fingerprint density at radius 1 is 1.14 bits per heavy atom. The fourth-order valence-electron chi connectivity index (χ4n) is 1.79. The Balaban J connectivity index is 0.00000220. The number of halogens is 2. The summed E-state index contributed by atoms with van der Waals surface area (Å²) in [6, 6.07) is 9.22. The Morgan fingerprint density at radius 2 is 1.86 bits per heavy atom. The highest BCUT2D eigenvalue weighted by Crippen LogP contribution is 2.22. The Labute approximate surface area is 128 Å². The maximum absolute atomic E-state index is 12.8. The molecule has 0 spiro atoms. The summed E-state index contributed by atoms with van der Waals surface area (Å²) >= 11 is 0. The van der Waals surface area contributed by atoms with Gasteiger partial charge in [-0.15, -0.1) is 12.4 Å². The molecule has 1 heterocycles. The number of rotatable bonds is 6. The van der Waals surface area contributed by atoms with Gasteiger partial charge in [0.2, 0.25) is 0 Å². The lowest BCUT2D eigenvalue weighted by atomic mass is 10.2. The van der Waals surface area contributed by atoms with E-state index in [-0.39, 0.29) is 29.9 Å². The number of carbonyl (C=O) groups excluding carboxylic acids is 1. The number of nitrogens with one attached hydrogen (secondary N) is 1. The van der Waals surface area contributed by atoms with Crippen molar-refractivity contribution in [2.45, 2.75) is 12.8 Å². The first-order valence-electron chi connectivity index (χ1n) is 6.55.